The molecule has 4 rings (SSSR count). The van der Waals surface area contributed by atoms with Crippen LogP contribution in [-0.4, -0.2) is 92.4 Å². The molecule has 0 unspecified atom stereocenters. The molecule has 2 amide bonds. The van der Waals surface area contributed by atoms with Crippen LogP contribution >= 0.6 is 0 Å². The summed E-state index contributed by atoms with van der Waals surface area (Å²) < 4.78 is 30.1. The maximum absolute atomic E-state index is 13.7. The number of ether oxygens (including phenoxy) is 5. The van der Waals surface area contributed by atoms with E-state index in [9.17, 15) is 29.5 Å². The number of rotatable bonds is 15. The number of fused-ring (bicyclic) bond motifs is 1. The summed E-state index contributed by atoms with van der Waals surface area (Å²) in [5.41, 5.74) is -3.92. The van der Waals surface area contributed by atoms with Crippen molar-refractivity contribution in [1.29, 1.82) is 5.26 Å². The molecule has 1 saturated heterocycles. The summed E-state index contributed by atoms with van der Waals surface area (Å²) in [7, 11) is 0. The number of esters is 2. The minimum Gasteiger partial charge on any atom is -0.463 e. The molecule has 1 saturated carbocycles. The number of aliphatic hydroxyl groups is 1. The molecule has 0 bridgehead atoms. The molecule has 0 radical (unpaired) electrons. The molecule has 3 heterocycles. The van der Waals surface area contributed by atoms with Crippen LogP contribution in [0.5, 0.6) is 0 Å². The van der Waals surface area contributed by atoms with Crippen LogP contribution < -0.4 is 10.6 Å². The SMILES string of the molecule is CCCCOC(C)(C)C(=O)Nc1ncnn2c([C@]3(C#N)O[C@H](COC(=O)CC4CCCC4)[C@@H](OC(=O)[C@H](NC(=O)OC(C)(C)C)C(C)C)[C@H]3O)ccc12. The van der Waals surface area contributed by atoms with E-state index in [4.69, 9.17) is 23.7 Å². The van der Waals surface area contributed by atoms with Gasteiger partial charge in [0.05, 0.1) is 5.69 Å². The van der Waals surface area contributed by atoms with E-state index in [2.05, 4.69) is 20.7 Å². The molecule has 1 aliphatic heterocycles. The summed E-state index contributed by atoms with van der Waals surface area (Å²) in [5.74, 6) is -2.04. The van der Waals surface area contributed by atoms with Crippen molar-refractivity contribution in [2.45, 2.75) is 141 Å². The summed E-state index contributed by atoms with van der Waals surface area (Å²) >= 11 is 0. The number of carbonyl (C=O) groups is 4. The number of hydrogen-bond acceptors (Lipinski definition) is 13. The first-order valence-corrected chi connectivity index (χ1v) is 18.3. The highest BCUT2D eigenvalue weighted by Crippen LogP contribution is 2.42. The monoisotopic (exact) mass is 742 g/mol. The first-order chi connectivity index (χ1) is 24.9. The van der Waals surface area contributed by atoms with Crippen LogP contribution in [0.15, 0.2) is 18.5 Å². The van der Waals surface area contributed by atoms with Gasteiger partial charge in [-0.2, -0.15) is 10.4 Å². The Morgan fingerprint density at radius 3 is 2.47 bits per heavy atom. The van der Waals surface area contributed by atoms with Gasteiger partial charge in [0.15, 0.2) is 11.9 Å². The largest absolute Gasteiger partial charge is 0.463 e. The van der Waals surface area contributed by atoms with E-state index in [1.807, 2.05) is 13.0 Å². The summed E-state index contributed by atoms with van der Waals surface area (Å²) in [6.07, 6.45) is 1.45. The predicted molar refractivity (Wildman–Crippen MR) is 190 cm³/mol. The van der Waals surface area contributed by atoms with Crippen molar-refractivity contribution in [2.24, 2.45) is 11.8 Å². The highest BCUT2D eigenvalue weighted by Gasteiger charge is 2.60. The molecule has 53 heavy (non-hydrogen) atoms. The van der Waals surface area contributed by atoms with Gasteiger partial charge in [-0.15, -0.1) is 0 Å². The number of alkyl carbamates (subject to hydrolysis) is 1. The van der Waals surface area contributed by atoms with Gasteiger partial charge in [0.2, 0.25) is 5.60 Å². The first kappa shape index (κ1) is 41.4. The second kappa shape index (κ2) is 17.2. The van der Waals surface area contributed by atoms with Crippen LogP contribution in [0.1, 0.15) is 106 Å². The molecule has 5 atom stereocenters. The molecule has 2 aromatic heterocycles. The van der Waals surface area contributed by atoms with Gasteiger partial charge in [-0.25, -0.2) is 19.1 Å². The molecule has 2 aromatic rings. The minimum absolute atomic E-state index is 0.0342. The summed E-state index contributed by atoms with van der Waals surface area (Å²) in [5, 5.41) is 32.2. The number of amides is 2. The molecular weight excluding hydrogens is 688 g/mol. The third-order valence-corrected chi connectivity index (χ3v) is 9.35. The number of carbonyl (C=O) groups excluding carboxylic acids is 4. The zero-order valence-corrected chi connectivity index (χ0v) is 32.0. The fraction of sp³-hybridized carbons (Fsp3) is 0.703. The fourth-order valence-corrected chi connectivity index (χ4v) is 6.37. The van der Waals surface area contributed by atoms with Crippen molar-refractivity contribution >= 4 is 35.3 Å². The lowest BCUT2D eigenvalue weighted by molar-refractivity contribution is -0.163. The van der Waals surface area contributed by atoms with Gasteiger partial charge in [0.1, 0.15) is 54.0 Å². The lowest BCUT2D eigenvalue weighted by Crippen LogP contribution is -2.50. The van der Waals surface area contributed by atoms with E-state index in [0.717, 1.165) is 38.5 Å². The standard InChI is InChI=1S/C37H54N6O10/c1-9-10-17-50-36(7,8)33(47)42-31-24-15-16-26(43(24)40-21-39-31)37(20-38)30(45)29(25(52-37)19-49-27(44)18-23-13-11-12-14-23)51-32(46)28(22(2)3)41-34(48)53-35(4,5)6/h15-16,21-23,25,28-30,45H,9-14,17-19H2,1-8H3,(H,41,48)(H,39,40,42,47)/t25-,28-,29-,30-,37+/m1/s1. The number of aromatic nitrogens is 3. The molecule has 0 spiro atoms. The Hall–Kier alpha value is -4.33. The fourth-order valence-electron chi connectivity index (χ4n) is 6.37. The van der Waals surface area contributed by atoms with Crippen molar-refractivity contribution in [3.63, 3.8) is 0 Å². The average molecular weight is 743 g/mol. The summed E-state index contributed by atoms with van der Waals surface area (Å²) in [6.45, 7) is 13.7. The van der Waals surface area contributed by atoms with Gasteiger partial charge < -0.3 is 39.4 Å². The number of nitrogens with one attached hydrogen (secondary N) is 2. The van der Waals surface area contributed by atoms with E-state index >= 15 is 0 Å². The third kappa shape index (κ3) is 10.0. The number of aliphatic hydroxyl groups excluding tert-OH is 1. The highest BCUT2D eigenvalue weighted by atomic mass is 16.6. The second-order valence-corrected chi connectivity index (χ2v) is 15.5. The van der Waals surface area contributed by atoms with E-state index in [-0.39, 0.29) is 29.4 Å². The van der Waals surface area contributed by atoms with Gasteiger partial charge in [-0.05, 0) is 77.8 Å². The van der Waals surface area contributed by atoms with Crippen LogP contribution in [0, 0.1) is 23.2 Å². The van der Waals surface area contributed by atoms with E-state index in [0.29, 0.717) is 6.61 Å². The van der Waals surface area contributed by atoms with Crippen molar-refractivity contribution < 1.29 is 48.0 Å². The summed E-state index contributed by atoms with van der Waals surface area (Å²) in [4.78, 5) is 56.6. The maximum atomic E-state index is 13.7. The second-order valence-electron chi connectivity index (χ2n) is 15.5. The molecule has 3 N–H and O–H groups in total. The van der Waals surface area contributed by atoms with Crippen LogP contribution in [0.2, 0.25) is 0 Å². The zero-order valence-electron chi connectivity index (χ0n) is 32.0. The molecule has 1 aliphatic carbocycles. The predicted octanol–water partition coefficient (Wildman–Crippen LogP) is 4.33. The molecule has 2 aliphatic rings. The Balaban J connectivity index is 1.65. The van der Waals surface area contributed by atoms with E-state index in [1.54, 1.807) is 54.5 Å². The normalized spacial score (nSPS) is 22.7. The smallest absolute Gasteiger partial charge is 0.408 e. The Morgan fingerprint density at radius 1 is 1.15 bits per heavy atom. The Kier molecular flexibility index (Phi) is 13.5. The quantitative estimate of drug-likeness (QED) is 0.132. The van der Waals surface area contributed by atoms with Gasteiger partial charge in [-0.1, -0.05) is 40.0 Å². The van der Waals surface area contributed by atoms with Crippen LogP contribution in [-0.2, 0) is 43.7 Å². The lowest BCUT2D eigenvalue weighted by atomic mass is 9.92. The number of hydrogen-bond donors (Lipinski definition) is 3. The molecule has 0 aromatic carbocycles. The van der Waals surface area contributed by atoms with Gasteiger partial charge in [0, 0.05) is 13.0 Å². The van der Waals surface area contributed by atoms with Crippen molar-refractivity contribution in [3.05, 3.63) is 24.2 Å². The summed E-state index contributed by atoms with van der Waals surface area (Å²) in [6, 6.07) is 3.85. The molecule has 2 fully saturated rings. The number of anilines is 1. The van der Waals surface area contributed by atoms with E-state index < -0.39 is 77.6 Å². The average Bonchev–Trinajstić information content (AvgIpc) is 3.81. The van der Waals surface area contributed by atoms with Crippen LogP contribution in [0.3, 0.4) is 0 Å². The van der Waals surface area contributed by atoms with Gasteiger partial charge in [0.25, 0.3) is 5.91 Å². The molecule has 16 heteroatoms. The van der Waals surface area contributed by atoms with Crippen molar-refractivity contribution in [2.75, 3.05) is 18.5 Å². The number of nitrogens with zero attached hydrogens (tertiary/aromatic N) is 4. The molecule has 16 nitrogen and oxygen atoms in total. The number of unbranched alkanes of at least 4 members (excludes halogenated alkanes) is 1. The topological polar surface area (TPSA) is 213 Å². The first-order valence-electron chi connectivity index (χ1n) is 18.3. The molecular formula is C37H54N6O10. The van der Waals surface area contributed by atoms with Crippen LogP contribution in [0.4, 0.5) is 10.6 Å². The minimum atomic E-state index is -2.20. The van der Waals surface area contributed by atoms with Crippen LogP contribution in [0.25, 0.3) is 5.52 Å². The Bertz CT molecular complexity index is 1660. The Labute approximate surface area is 310 Å². The van der Waals surface area contributed by atoms with Gasteiger partial charge in [-0.3, -0.25) is 9.59 Å². The lowest BCUT2D eigenvalue weighted by Gasteiger charge is -2.28. The van der Waals surface area contributed by atoms with Crippen molar-refractivity contribution in [3.8, 4) is 6.07 Å². The maximum Gasteiger partial charge on any atom is 0.408 e. The highest BCUT2D eigenvalue weighted by molar-refractivity contribution is 5.98. The van der Waals surface area contributed by atoms with Gasteiger partial charge >= 0.3 is 18.0 Å². The molecule has 292 valence electrons. The van der Waals surface area contributed by atoms with Crippen molar-refractivity contribution in [1.82, 2.24) is 19.9 Å². The Morgan fingerprint density at radius 2 is 1.85 bits per heavy atom. The van der Waals surface area contributed by atoms with E-state index in [1.165, 1.54) is 16.9 Å². The zero-order chi connectivity index (χ0) is 39.1. The third-order valence-electron chi connectivity index (χ3n) is 9.35. The number of nitriles is 1.